The third kappa shape index (κ3) is 1.43. The fraction of sp³-hybridized carbons (Fsp3) is 0.167. The SMILES string of the molecule is Cc1nn(-c2ccccc2C#N)c(C)c1N. The maximum absolute atomic E-state index is 9.02. The van der Waals surface area contributed by atoms with Crippen molar-refractivity contribution >= 4 is 5.69 Å². The molecule has 16 heavy (non-hydrogen) atoms. The van der Waals surface area contributed by atoms with Gasteiger partial charge in [-0.1, -0.05) is 12.1 Å². The first kappa shape index (κ1) is 10.2. The lowest BCUT2D eigenvalue weighted by molar-refractivity contribution is 0.831. The van der Waals surface area contributed by atoms with Crippen LogP contribution >= 0.6 is 0 Å². The van der Waals surface area contributed by atoms with Gasteiger partial charge < -0.3 is 5.73 Å². The number of benzene rings is 1. The number of hydrogen-bond donors (Lipinski definition) is 1. The Kier molecular flexibility index (Phi) is 2.37. The monoisotopic (exact) mass is 212 g/mol. The summed E-state index contributed by atoms with van der Waals surface area (Å²) in [5.41, 5.74) is 9.54. The van der Waals surface area contributed by atoms with E-state index in [4.69, 9.17) is 11.0 Å². The molecule has 0 saturated heterocycles. The number of rotatable bonds is 1. The van der Waals surface area contributed by atoms with Crippen LogP contribution in [0.15, 0.2) is 24.3 Å². The van der Waals surface area contributed by atoms with Crippen LogP contribution in [0, 0.1) is 25.2 Å². The molecule has 0 bridgehead atoms. The Morgan fingerprint density at radius 1 is 1.31 bits per heavy atom. The molecule has 1 aromatic heterocycles. The summed E-state index contributed by atoms with van der Waals surface area (Å²) < 4.78 is 1.71. The number of aryl methyl sites for hydroxylation is 1. The van der Waals surface area contributed by atoms with Gasteiger partial charge in [0.15, 0.2) is 0 Å². The van der Waals surface area contributed by atoms with E-state index in [1.165, 1.54) is 0 Å². The molecule has 0 aliphatic heterocycles. The normalized spacial score (nSPS) is 10.1. The molecule has 2 rings (SSSR count). The van der Waals surface area contributed by atoms with Crippen molar-refractivity contribution in [3.8, 4) is 11.8 Å². The van der Waals surface area contributed by atoms with Gasteiger partial charge in [0, 0.05) is 0 Å². The zero-order valence-electron chi connectivity index (χ0n) is 9.23. The molecule has 0 aliphatic carbocycles. The van der Waals surface area contributed by atoms with Crippen molar-refractivity contribution in [3.05, 3.63) is 41.2 Å². The predicted octanol–water partition coefficient (Wildman–Crippen LogP) is 1.94. The first-order chi connectivity index (χ1) is 7.65. The van der Waals surface area contributed by atoms with Crippen LogP contribution in [0.5, 0.6) is 0 Å². The van der Waals surface area contributed by atoms with Gasteiger partial charge in [-0.15, -0.1) is 0 Å². The van der Waals surface area contributed by atoms with Crippen molar-refractivity contribution in [2.45, 2.75) is 13.8 Å². The largest absolute Gasteiger partial charge is 0.396 e. The fourth-order valence-electron chi connectivity index (χ4n) is 1.64. The molecule has 1 aromatic carbocycles. The Bertz CT molecular complexity index is 575. The zero-order valence-corrected chi connectivity index (χ0v) is 9.23. The molecule has 4 nitrogen and oxygen atoms in total. The number of hydrogen-bond acceptors (Lipinski definition) is 3. The van der Waals surface area contributed by atoms with Crippen molar-refractivity contribution in [3.63, 3.8) is 0 Å². The van der Waals surface area contributed by atoms with Gasteiger partial charge in [-0.25, -0.2) is 4.68 Å². The maximum atomic E-state index is 9.02. The van der Waals surface area contributed by atoms with E-state index >= 15 is 0 Å². The Morgan fingerprint density at radius 2 is 2.00 bits per heavy atom. The topological polar surface area (TPSA) is 67.6 Å². The van der Waals surface area contributed by atoms with Crippen LogP contribution in [0.2, 0.25) is 0 Å². The number of para-hydroxylation sites is 1. The van der Waals surface area contributed by atoms with E-state index in [1.54, 1.807) is 10.7 Å². The number of nitrogens with two attached hydrogens (primary N) is 1. The quantitative estimate of drug-likeness (QED) is 0.785. The van der Waals surface area contributed by atoms with Crippen molar-refractivity contribution in [2.24, 2.45) is 0 Å². The standard InChI is InChI=1S/C12H12N4/c1-8-12(14)9(2)16(15-8)11-6-4-3-5-10(11)7-13/h3-6H,14H2,1-2H3. The molecule has 1 heterocycles. The smallest absolute Gasteiger partial charge is 0.101 e. The van der Waals surface area contributed by atoms with E-state index < -0.39 is 0 Å². The van der Waals surface area contributed by atoms with E-state index in [2.05, 4.69) is 11.2 Å². The molecule has 2 aromatic rings. The average Bonchev–Trinajstić information content (AvgIpc) is 2.57. The van der Waals surface area contributed by atoms with Gasteiger partial charge in [0.25, 0.3) is 0 Å². The number of anilines is 1. The highest BCUT2D eigenvalue weighted by molar-refractivity contribution is 5.54. The van der Waals surface area contributed by atoms with Crippen LogP contribution in [0.25, 0.3) is 5.69 Å². The van der Waals surface area contributed by atoms with Gasteiger partial charge in [-0.3, -0.25) is 0 Å². The van der Waals surface area contributed by atoms with E-state index in [0.717, 1.165) is 17.1 Å². The Labute approximate surface area is 93.9 Å². The summed E-state index contributed by atoms with van der Waals surface area (Å²) >= 11 is 0. The van der Waals surface area contributed by atoms with E-state index in [0.29, 0.717) is 11.3 Å². The Hall–Kier alpha value is -2.28. The van der Waals surface area contributed by atoms with Gasteiger partial charge in [0.2, 0.25) is 0 Å². The average molecular weight is 212 g/mol. The molecule has 80 valence electrons. The molecule has 0 spiro atoms. The summed E-state index contributed by atoms with van der Waals surface area (Å²) in [5.74, 6) is 0. The van der Waals surface area contributed by atoms with Crippen molar-refractivity contribution in [1.82, 2.24) is 9.78 Å². The molecule has 4 heteroatoms. The second-order valence-corrected chi connectivity index (χ2v) is 3.63. The lowest BCUT2D eigenvalue weighted by Gasteiger charge is -2.05. The molecule has 0 unspecified atom stereocenters. The number of aromatic nitrogens is 2. The van der Waals surface area contributed by atoms with Crippen molar-refractivity contribution in [2.75, 3.05) is 5.73 Å². The Morgan fingerprint density at radius 3 is 2.56 bits per heavy atom. The van der Waals surface area contributed by atoms with Crippen molar-refractivity contribution < 1.29 is 0 Å². The van der Waals surface area contributed by atoms with E-state index in [-0.39, 0.29) is 0 Å². The number of nitriles is 1. The molecule has 2 N–H and O–H groups in total. The minimum Gasteiger partial charge on any atom is -0.396 e. The van der Waals surface area contributed by atoms with Crippen LogP contribution < -0.4 is 5.73 Å². The fourth-order valence-corrected chi connectivity index (χ4v) is 1.64. The van der Waals surface area contributed by atoms with Gasteiger partial charge >= 0.3 is 0 Å². The van der Waals surface area contributed by atoms with Gasteiger partial charge in [-0.05, 0) is 26.0 Å². The molecular weight excluding hydrogens is 200 g/mol. The summed E-state index contributed by atoms with van der Waals surface area (Å²) in [6.45, 7) is 3.75. The van der Waals surface area contributed by atoms with Gasteiger partial charge in [0.1, 0.15) is 6.07 Å². The molecular formula is C12H12N4. The van der Waals surface area contributed by atoms with E-state index in [1.807, 2.05) is 32.0 Å². The number of nitrogen functional groups attached to an aromatic ring is 1. The molecule has 0 radical (unpaired) electrons. The molecule has 0 aliphatic rings. The highest BCUT2D eigenvalue weighted by Crippen LogP contribution is 2.21. The van der Waals surface area contributed by atoms with Crippen LogP contribution in [0.1, 0.15) is 17.0 Å². The lowest BCUT2D eigenvalue weighted by Crippen LogP contribution is -2.02. The first-order valence-electron chi connectivity index (χ1n) is 4.96. The zero-order chi connectivity index (χ0) is 11.7. The van der Waals surface area contributed by atoms with Crippen LogP contribution in [-0.2, 0) is 0 Å². The second kappa shape index (κ2) is 3.70. The number of nitrogens with zero attached hydrogens (tertiary/aromatic N) is 3. The molecule has 0 amide bonds. The summed E-state index contributed by atoms with van der Waals surface area (Å²) in [4.78, 5) is 0. The second-order valence-electron chi connectivity index (χ2n) is 3.63. The lowest BCUT2D eigenvalue weighted by atomic mass is 10.2. The van der Waals surface area contributed by atoms with Gasteiger partial charge in [-0.2, -0.15) is 10.4 Å². The maximum Gasteiger partial charge on any atom is 0.101 e. The predicted molar refractivity (Wildman–Crippen MR) is 62.2 cm³/mol. The summed E-state index contributed by atoms with van der Waals surface area (Å²) in [6, 6.07) is 9.48. The molecule has 0 fully saturated rings. The van der Waals surface area contributed by atoms with Crippen molar-refractivity contribution in [1.29, 1.82) is 5.26 Å². The third-order valence-electron chi connectivity index (χ3n) is 2.60. The first-order valence-corrected chi connectivity index (χ1v) is 4.96. The summed E-state index contributed by atoms with van der Waals surface area (Å²) in [6.07, 6.45) is 0. The summed E-state index contributed by atoms with van der Waals surface area (Å²) in [5, 5.41) is 13.4. The highest BCUT2D eigenvalue weighted by Gasteiger charge is 2.11. The molecule has 0 saturated carbocycles. The third-order valence-corrected chi connectivity index (χ3v) is 2.60. The minimum absolute atomic E-state index is 0.591. The summed E-state index contributed by atoms with van der Waals surface area (Å²) in [7, 11) is 0. The Balaban J connectivity index is 2.69. The van der Waals surface area contributed by atoms with E-state index in [9.17, 15) is 0 Å². The molecule has 0 atom stereocenters. The van der Waals surface area contributed by atoms with Crippen LogP contribution in [0.4, 0.5) is 5.69 Å². The van der Waals surface area contributed by atoms with Gasteiger partial charge in [0.05, 0.1) is 28.3 Å². The van der Waals surface area contributed by atoms with Crippen LogP contribution in [-0.4, -0.2) is 9.78 Å². The minimum atomic E-state index is 0.591. The van der Waals surface area contributed by atoms with Crippen LogP contribution in [0.3, 0.4) is 0 Å². The highest BCUT2D eigenvalue weighted by atomic mass is 15.3.